The minimum atomic E-state index is -2.14. The minimum Gasteiger partial charge on any atom is -0.322 e. The maximum atomic E-state index is 13.7. The molecule has 0 spiro atoms. The first-order valence-corrected chi connectivity index (χ1v) is 4.38. The Kier molecular flexibility index (Phi) is 2.68. The molecule has 0 fully saturated rings. The number of benzene rings is 1. The average Bonchev–Trinajstić information content (AvgIpc) is 2.68. The largest absolute Gasteiger partial charge is 0.439 e. The molecule has 1 aromatic heterocycles. The van der Waals surface area contributed by atoms with Gasteiger partial charge in [0, 0.05) is 5.46 Å². The predicted molar refractivity (Wildman–Crippen MR) is 51.0 cm³/mol. The van der Waals surface area contributed by atoms with E-state index in [-0.39, 0.29) is 0 Å². The van der Waals surface area contributed by atoms with Crippen molar-refractivity contribution < 1.29 is 17.5 Å². The van der Waals surface area contributed by atoms with Crippen LogP contribution in [0.2, 0.25) is 0 Å². The smallest absolute Gasteiger partial charge is 0.322 e. The zero-order valence-corrected chi connectivity index (χ0v) is 7.85. The molecule has 0 radical (unpaired) electrons. The van der Waals surface area contributed by atoms with Crippen molar-refractivity contribution in [2.24, 2.45) is 0 Å². The monoisotopic (exact) mass is 228 g/mol. The highest BCUT2D eigenvalue weighted by molar-refractivity contribution is 6.78. The van der Waals surface area contributed by atoms with E-state index in [0.717, 1.165) is 24.5 Å². The van der Waals surface area contributed by atoms with Gasteiger partial charge in [-0.1, -0.05) is 12.1 Å². The number of nitrogens with one attached hydrogen (secondary N) is 1. The first-order valence-electron chi connectivity index (χ1n) is 4.38. The van der Waals surface area contributed by atoms with Gasteiger partial charge < -0.3 is 9.30 Å². The molecule has 1 aromatic carbocycles. The van der Waals surface area contributed by atoms with Gasteiger partial charge in [-0.25, -0.2) is 13.8 Å². The minimum absolute atomic E-state index is 0.578. The first kappa shape index (κ1) is 10.7. The van der Waals surface area contributed by atoms with Gasteiger partial charge in [0.15, 0.2) is 11.6 Å². The van der Waals surface area contributed by atoms with Gasteiger partial charge in [-0.05, 0) is 6.07 Å². The molecule has 2 rings (SSSR count). The normalized spacial score (nSPS) is 10.5. The quantitative estimate of drug-likeness (QED) is 0.600. The molecule has 1 heterocycles. The molecular weight excluding hydrogens is 223 g/mol. The molecule has 1 N–H and O–H groups in total. The summed E-state index contributed by atoms with van der Waals surface area (Å²) in [4.78, 5) is 5.39. The molecule has 16 heavy (non-hydrogen) atoms. The number of imidazole rings is 1. The Morgan fingerprint density at radius 2 is 1.94 bits per heavy atom. The van der Waals surface area contributed by atoms with Crippen LogP contribution in [0.4, 0.5) is 17.5 Å². The van der Waals surface area contributed by atoms with Crippen molar-refractivity contribution in [2.45, 2.75) is 0 Å². The fourth-order valence-electron chi connectivity index (χ4n) is 1.33. The fraction of sp³-hybridized carbons (Fsp3) is 0. The lowest BCUT2D eigenvalue weighted by molar-refractivity contribution is 0.513. The summed E-state index contributed by atoms with van der Waals surface area (Å²) < 4.78 is 52.6. The van der Waals surface area contributed by atoms with E-state index in [1.54, 1.807) is 0 Å². The summed E-state index contributed by atoms with van der Waals surface area (Å²) in [7, 11) is 0. The van der Waals surface area contributed by atoms with Crippen LogP contribution in [0.5, 0.6) is 0 Å². The van der Waals surface area contributed by atoms with Gasteiger partial charge in [0.25, 0.3) is 0 Å². The second kappa shape index (κ2) is 4.00. The van der Waals surface area contributed by atoms with Crippen LogP contribution in [0, 0.1) is 17.6 Å². The van der Waals surface area contributed by atoms with Gasteiger partial charge in [0.1, 0.15) is 5.59 Å². The van der Waals surface area contributed by atoms with Crippen LogP contribution in [-0.4, -0.2) is 17.0 Å². The van der Waals surface area contributed by atoms with Gasteiger partial charge in [-0.2, -0.15) is 4.39 Å². The molecule has 0 saturated carbocycles. The van der Waals surface area contributed by atoms with Crippen LogP contribution in [0.25, 0.3) is 0 Å². The van der Waals surface area contributed by atoms with Crippen molar-refractivity contribution in [1.82, 2.24) is 9.97 Å². The van der Waals surface area contributed by atoms with Gasteiger partial charge in [-0.15, -0.1) is 0 Å². The molecule has 0 saturated heterocycles. The number of rotatable bonds is 2. The Bertz CT molecular complexity index is 514. The molecule has 0 aliphatic heterocycles. The van der Waals surface area contributed by atoms with Crippen molar-refractivity contribution in [3.63, 3.8) is 0 Å². The molecule has 2 nitrogen and oxygen atoms in total. The topological polar surface area (TPSA) is 28.7 Å². The van der Waals surface area contributed by atoms with E-state index in [1.165, 1.54) is 0 Å². The van der Waals surface area contributed by atoms with Crippen molar-refractivity contribution in [3.05, 3.63) is 42.1 Å². The summed E-state index contributed by atoms with van der Waals surface area (Å²) in [6.07, 6.45) is 0.939. The molecule has 0 unspecified atom stereocenters. The van der Waals surface area contributed by atoms with Crippen LogP contribution in [0.1, 0.15) is 0 Å². The lowest BCUT2D eigenvalue weighted by atomic mass is 9.61. The summed E-state index contributed by atoms with van der Waals surface area (Å²) in [6, 6.07) is 3.04. The lowest BCUT2D eigenvalue weighted by Crippen LogP contribution is -2.43. The van der Waals surface area contributed by atoms with Gasteiger partial charge in [0.2, 0.25) is 5.95 Å². The van der Waals surface area contributed by atoms with Crippen LogP contribution < -0.4 is 11.1 Å². The van der Waals surface area contributed by atoms with Crippen LogP contribution >= 0.6 is 0 Å². The number of nitrogens with zero attached hydrogens (tertiary/aromatic N) is 1. The molecule has 7 heteroatoms. The third-order valence-corrected chi connectivity index (χ3v) is 2.11. The Morgan fingerprint density at radius 3 is 2.56 bits per heavy atom. The summed E-state index contributed by atoms with van der Waals surface area (Å²) >= 11 is 0. The lowest BCUT2D eigenvalue weighted by Gasteiger charge is -2.03. The van der Waals surface area contributed by atoms with E-state index in [1.807, 2.05) is 4.98 Å². The van der Waals surface area contributed by atoms with Crippen molar-refractivity contribution in [1.29, 1.82) is 0 Å². The molecule has 0 bridgehead atoms. The van der Waals surface area contributed by atoms with E-state index < -0.39 is 35.6 Å². The van der Waals surface area contributed by atoms with Crippen molar-refractivity contribution in [3.8, 4) is 0 Å². The third-order valence-electron chi connectivity index (χ3n) is 2.11. The average molecular weight is 228 g/mol. The molecule has 0 aliphatic carbocycles. The third kappa shape index (κ3) is 1.68. The van der Waals surface area contributed by atoms with Gasteiger partial charge in [0.05, 0.1) is 6.33 Å². The SMILES string of the molecule is FB(c1cccc(F)c1F)c1nc[nH]c1F. The highest BCUT2D eigenvalue weighted by Gasteiger charge is 2.30. The van der Waals surface area contributed by atoms with Crippen LogP contribution in [0.15, 0.2) is 24.5 Å². The number of hydrogen-bond acceptors (Lipinski definition) is 1. The summed E-state index contributed by atoms with van der Waals surface area (Å²) in [5, 5.41) is 0. The first-order chi connectivity index (χ1) is 7.61. The second-order valence-electron chi connectivity index (χ2n) is 3.11. The van der Waals surface area contributed by atoms with E-state index in [9.17, 15) is 17.5 Å². The van der Waals surface area contributed by atoms with Crippen LogP contribution in [0.3, 0.4) is 0 Å². The highest BCUT2D eigenvalue weighted by atomic mass is 19.2. The standard InChI is InChI=1S/C9H5BF4N2/c11-6-3-1-2-5(7(6)12)10(14)8-9(13)16-4-15-8/h1-4H,(H,15,16). The predicted octanol–water partition coefficient (Wildman–Crippen LogP) is 0.902. The number of hydrogen-bond donors (Lipinski definition) is 1. The van der Waals surface area contributed by atoms with Crippen molar-refractivity contribution in [2.75, 3.05) is 0 Å². The molecule has 0 amide bonds. The Balaban J connectivity index is 2.46. The van der Waals surface area contributed by atoms with E-state index in [4.69, 9.17) is 0 Å². The second-order valence-corrected chi connectivity index (χ2v) is 3.11. The van der Waals surface area contributed by atoms with E-state index in [0.29, 0.717) is 0 Å². The maximum absolute atomic E-state index is 13.7. The molecule has 0 aliphatic rings. The zero-order valence-electron chi connectivity index (χ0n) is 7.85. The maximum Gasteiger partial charge on any atom is 0.439 e. The molecule has 2 aromatic rings. The number of aromatic amines is 1. The molecular formula is C9H5BF4N2. The number of halogens is 4. The molecule has 82 valence electrons. The van der Waals surface area contributed by atoms with E-state index >= 15 is 0 Å². The summed E-state index contributed by atoms with van der Waals surface area (Å²) in [6.45, 7) is -2.14. The number of H-pyrrole nitrogens is 1. The van der Waals surface area contributed by atoms with Crippen molar-refractivity contribution >= 4 is 18.0 Å². The fourth-order valence-corrected chi connectivity index (χ4v) is 1.33. The zero-order chi connectivity index (χ0) is 11.7. The van der Waals surface area contributed by atoms with E-state index in [2.05, 4.69) is 4.98 Å². The molecule has 0 atom stereocenters. The van der Waals surface area contributed by atoms with Gasteiger partial charge in [-0.3, -0.25) is 0 Å². The summed E-state index contributed by atoms with van der Waals surface area (Å²) in [5.41, 5.74) is -1.17. The Labute approximate surface area is 88.5 Å². The van der Waals surface area contributed by atoms with Crippen LogP contribution in [-0.2, 0) is 0 Å². The highest BCUT2D eigenvalue weighted by Crippen LogP contribution is 2.04. The Morgan fingerprint density at radius 1 is 1.19 bits per heavy atom. The Hall–Kier alpha value is -1.79. The summed E-state index contributed by atoms with van der Waals surface area (Å²) in [5.74, 6) is -3.52. The van der Waals surface area contributed by atoms with Gasteiger partial charge >= 0.3 is 6.99 Å². The number of aromatic nitrogens is 2.